The van der Waals surface area contributed by atoms with Crippen LogP contribution in [0.4, 0.5) is 34.1 Å². The lowest BCUT2D eigenvalue weighted by Crippen LogP contribution is -2.12. The molecule has 42 heavy (non-hydrogen) atoms. The third kappa shape index (κ3) is 5.00. The van der Waals surface area contributed by atoms with Crippen LogP contribution in [0.3, 0.4) is 0 Å². The van der Waals surface area contributed by atoms with Gasteiger partial charge in [0.15, 0.2) is 0 Å². The van der Waals surface area contributed by atoms with Crippen molar-refractivity contribution in [1.29, 1.82) is 0 Å². The molecule has 2 nitrogen and oxygen atoms in total. The molecule has 2 heteroatoms. The number of benzene rings is 7. The van der Waals surface area contributed by atoms with Gasteiger partial charge in [0.2, 0.25) is 0 Å². The monoisotopic (exact) mass is 540 g/mol. The lowest BCUT2D eigenvalue weighted by Gasteiger charge is -2.29. The van der Waals surface area contributed by atoms with E-state index in [0.29, 0.717) is 0 Å². The van der Waals surface area contributed by atoms with Crippen molar-refractivity contribution in [3.05, 3.63) is 169 Å². The molecule has 0 bridgehead atoms. The van der Waals surface area contributed by atoms with Crippen molar-refractivity contribution in [2.75, 3.05) is 9.80 Å². The molecule has 0 radical (unpaired) electrons. The van der Waals surface area contributed by atoms with Crippen molar-refractivity contribution in [3.8, 4) is 0 Å². The lowest BCUT2D eigenvalue weighted by atomic mass is 10.1. The van der Waals surface area contributed by atoms with Gasteiger partial charge in [0, 0.05) is 34.1 Å². The zero-order valence-corrected chi connectivity index (χ0v) is 23.9. The second-order valence-corrected chi connectivity index (χ2v) is 10.9. The summed E-state index contributed by atoms with van der Waals surface area (Å²) in [6, 6.07) is 56.8. The SMILES string of the molecule is Cc1cccc(N(c2ccc(N(c3cccc(C)c3)c3ccc4ccccc4c3)cc2)c2ccc3ccccc3c2)c1. The van der Waals surface area contributed by atoms with Gasteiger partial charge in [-0.15, -0.1) is 0 Å². The highest BCUT2D eigenvalue weighted by Crippen LogP contribution is 2.40. The van der Waals surface area contributed by atoms with Gasteiger partial charge in [0.1, 0.15) is 0 Å². The molecule has 7 rings (SSSR count). The fraction of sp³-hybridized carbons (Fsp3) is 0.0500. The Bertz CT molecular complexity index is 1880. The Labute approximate surface area is 247 Å². The lowest BCUT2D eigenvalue weighted by molar-refractivity contribution is 1.25. The summed E-state index contributed by atoms with van der Waals surface area (Å²) in [5, 5.41) is 4.94. The molecular weight excluding hydrogens is 508 g/mol. The van der Waals surface area contributed by atoms with Crippen LogP contribution in [0, 0.1) is 13.8 Å². The molecular formula is C40H32N2. The number of nitrogens with zero attached hydrogens (tertiary/aromatic N) is 2. The Morgan fingerprint density at radius 2 is 0.643 bits per heavy atom. The molecule has 0 atom stereocenters. The van der Waals surface area contributed by atoms with Crippen LogP contribution < -0.4 is 9.80 Å². The summed E-state index contributed by atoms with van der Waals surface area (Å²) in [5.74, 6) is 0. The highest BCUT2D eigenvalue weighted by Gasteiger charge is 2.17. The zero-order valence-electron chi connectivity index (χ0n) is 23.9. The maximum absolute atomic E-state index is 2.34. The Balaban J connectivity index is 1.35. The summed E-state index contributed by atoms with van der Waals surface area (Å²) < 4.78 is 0. The summed E-state index contributed by atoms with van der Waals surface area (Å²) >= 11 is 0. The average molecular weight is 541 g/mol. The molecule has 7 aromatic carbocycles. The Morgan fingerprint density at radius 3 is 1.05 bits per heavy atom. The second-order valence-electron chi connectivity index (χ2n) is 10.9. The molecule has 0 aliphatic heterocycles. The van der Waals surface area contributed by atoms with E-state index in [0.717, 1.165) is 34.1 Å². The van der Waals surface area contributed by atoms with Gasteiger partial charge >= 0.3 is 0 Å². The molecule has 0 aromatic heterocycles. The first-order valence-corrected chi connectivity index (χ1v) is 14.4. The highest BCUT2D eigenvalue weighted by atomic mass is 15.2. The largest absolute Gasteiger partial charge is 0.310 e. The number of fused-ring (bicyclic) bond motifs is 2. The van der Waals surface area contributed by atoms with Gasteiger partial charge in [0.25, 0.3) is 0 Å². The van der Waals surface area contributed by atoms with Crippen molar-refractivity contribution < 1.29 is 0 Å². The average Bonchev–Trinajstić information content (AvgIpc) is 3.02. The predicted octanol–water partition coefficient (Wildman–Crippen LogP) is 11.5. The highest BCUT2D eigenvalue weighted by molar-refractivity contribution is 5.91. The molecule has 0 spiro atoms. The normalized spacial score (nSPS) is 11.1. The Morgan fingerprint density at radius 1 is 0.286 bits per heavy atom. The first-order chi connectivity index (χ1) is 20.6. The van der Waals surface area contributed by atoms with E-state index in [4.69, 9.17) is 0 Å². The minimum absolute atomic E-state index is 1.11. The van der Waals surface area contributed by atoms with Crippen LogP contribution in [-0.4, -0.2) is 0 Å². The van der Waals surface area contributed by atoms with E-state index >= 15 is 0 Å². The Hall–Kier alpha value is -5.34. The number of anilines is 6. The van der Waals surface area contributed by atoms with Crippen LogP contribution in [0.1, 0.15) is 11.1 Å². The van der Waals surface area contributed by atoms with Gasteiger partial charge in [0.05, 0.1) is 0 Å². The van der Waals surface area contributed by atoms with E-state index < -0.39 is 0 Å². The van der Waals surface area contributed by atoms with Crippen LogP contribution in [-0.2, 0) is 0 Å². The van der Waals surface area contributed by atoms with Gasteiger partial charge in [-0.1, -0.05) is 84.9 Å². The fourth-order valence-corrected chi connectivity index (χ4v) is 5.81. The number of hydrogen-bond donors (Lipinski definition) is 0. The quantitative estimate of drug-likeness (QED) is 0.207. The molecule has 0 N–H and O–H groups in total. The summed E-state index contributed by atoms with van der Waals surface area (Å²) in [6.45, 7) is 4.29. The predicted molar refractivity (Wildman–Crippen MR) is 180 cm³/mol. The molecule has 0 fully saturated rings. The van der Waals surface area contributed by atoms with Crippen LogP contribution in [0.15, 0.2) is 158 Å². The molecule has 202 valence electrons. The van der Waals surface area contributed by atoms with Crippen LogP contribution in [0.2, 0.25) is 0 Å². The topological polar surface area (TPSA) is 6.48 Å². The Kier molecular flexibility index (Phi) is 6.65. The summed E-state index contributed by atoms with van der Waals surface area (Å²) in [6.07, 6.45) is 0. The van der Waals surface area contributed by atoms with Gasteiger partial charge < -0.3 is 9.80 Å². The van der Waals surface area contributed by atoms with Crippen molar-refractivity contribution in [1.82, 2.24) is 0 Å². The number of rotatable bonds is 6. The molecule has 0 saturated heterocycles. The number of aryl methyl sites for hydroxylation is 2. The first-order valence-electron chi connectivity index (χ1n) is 14.4. The van der Waals surface area contributed by atoms with Crippen molar-refractivity contribution in [3.63, 3.8) is 0 Å². The second kappa shape index (κ2) is 10.9. The molecule has 0 aliphatic carbocycles. The van der Waals surface area contributed by atoms with Gasteiger partial charge in [-0.05, 0) is 119 Å². The molecule has 0 aliphatic rings. The van der Waals surface area contributed by atoms with Crippen molar-refractivity contribution >= 4 is 55.7 Å². The fourth-order valence-electron chi connectivity index (χ4n) is 5.81. The third-order valence-electron chi connectivity index (χ3n) is 7.87. The van der Waals surface area contributed by atoms with Crippen molar-refractivity contribution in [2.24, 2.45) is 0 Å². The van der Waals surface area contributed by atoms with Gasteiger partial charge in [-0.2, -0.15) is 0 Å². The molecule has 7 aromatic rings. The minimum Gasteiger partial charge on any atom is -0.310 e. The van der Waals surface area contributed by atoms with E-state index in [2.05, 4.69) is 181 Å². The molecule has 0 saturated carbocycles. The van der Waals surface area contributed by atoms with Gasteiger partial charge in [-0.25, -0.2) is 0 Å². The summed E-state index contributed by atoms with van der Waals surface area (Å²) in [4.78, 5) is 4.69. The van der Waals surface area contributed by atoms with Crippen LogP contribution in [0.25, 0.3) is 21.5 Å². The van der Waals surface area contributed by atoms with Crippen LogP contribution in [0.5, 0.6) is 0 Å². The smallest absolute Gasteiger partial charge is 0.0468 e. The first kappa shape index (κ1) is 25.6. The molecule has 0 heterocycles. The molecule has 0 unspecified atom stereocenters. The minimum atomic E-state index is 1.11. The zero-order chi connectivity index (χ0) is 28.5. The van der Waals surface area contributed by atoms with E-state index in [1.807, 2.05) is 0 Å². The molecule has 0 amide bonds. The van der Waals surface area contributed by atoms with Gasteiger partial charge in [-0.3, -0.25) is 0 Å². The summed E-state index contributed by atoms with van der Waals surface area (Å²) in [7, 11) is 0. The van der Waals surface area contributed by atoms with E-state index in [1.54, 1.807) is 0 Å². The number of hydrogen-bond acceptors (Lipinski definition) is 2. The van der Waals surface area contributed by atoms with Crippen molar-refractivity contribution in [2.45, 2.75) is 13.8 Å². The maximum Gasteiger partial charge on any atom is 0.0468 e. The maximum atomic E-state index is 2.34. The standard InChI is InChI=1S/C40H32N2/c1-29-9-7-15-37(25-29)41(39-19-17-31-11-3-5-13-33(31)27-39)35-21-23-36(24-22-35)42(38-16-8-10-30(2)26-38)40-20-18-32-12-4-6-14-34(32)28-40/h3-28H,1-2H3. The van der Waals surface area contributed by atoms with E-state index in [1.165, 1.54) is 32.7 Å². The van der Waals surface area contributed by atoms with Crippen LogP contribution >= 0.6 is 0 Å². The van der Waals surface area contributed by atoms with E-state index in [9.17, 15) is 0 Å². The van der Waals surface area contributed by atoms with E-state index in [-0.39, 0.29) is 0 Å². The summed E-state index contributed by atoms with van der Waals surface area (Å²) in [5.41, 5.74) is 9.25. The third-order valence-corrected chi connectivity index (χ3v) is 7.87.